The standard InChI is InChI=1S/C80H155NO5/c1-3-5-7-9-11-13-15-17-19-20-21-22-33-36-39-42-45-48-52-56-60-64-68-72-78(83)77(76-82)81-79(84)73-69-65-61-57-53-49-46-43-40-37-34-31-29-27-25-23-24-26-28-30-32-35-38-41-44-47-51-55-59-63-67-71-75-86-80(85)74-70-66-62-58-54-50-18-16-14-12-10-8-6-4-2/h10,12,16,18,77-78,82-83H,3-9,11,13-15,17,19-76H2,1-2H3,(H,81,84)/b12-10-,18-16-. The van der Waals surface area contributed by atoms with Gasteiger partial charge in [0, 0.05) is 12.8 Å². The Hall–Kier alpha value is -1.66. The van der Waals surface area contributed by atoms with E-state index in [4.69, 9.17) is 4.74 Å². The number of aliphatic hydroxyl groups excluding tert-OH is 2. The molecule has 0 aliphatic heterocycles. The fraction of sp³-hybridized carbons (Fsp3) is 0.925. The van der Waals surface area contributed by atoms with Gasteiger partial charge < -0.3 is 20.3 Å². The first-order valence-corrected chi connectivity index (χ1v) is 39.6. The number of rotatable bonds is 75. The third-order valence-electron chi connectivity index (χ3n) is 18.8. The van der Waals surface area contributed by atoms with Crippen LogP contribution in [-0.4, -0.2) is 47.4 Å². The van der Waals surface area contributed by atoms with Crippen LogP contribution in [0.4, 0.5) is 0 Å². The molecule has 2 unspecified atom stereocenters. The summed E-state index contributed by atoms with van der Waals surface area (Å²) in [6, 6.07) is -0.539. The van der Waals surface area contributed by atoms with Crippen molar-refractivity contribution >= 4 is 11.9 Å². The average molecular weight is 1210 g/mol. The minimum absolute atomic E-state index is 0.00745. The highest BCUT2D eigenvalue weighted by atomic mass is 16.5. The molecule has 6 heteroatoms. The van der Waals surface area contributed by atoms with Crippen molar-refractivity contribution in [3.05, 3.63) is 24.3 Å². The van der Waals surface area contributed by atoms with Crippen molar-refractivity contribution in [2.75, 3.05) is 13.2 Å². The number of nitrogens with one attached hydrogen (secondary N) is 1. The molecule has 0 aromatic carbocycles. The summed E-state index contributed by atoms with van der Waals surface area (Å²) in [5.74, 6) is -0.0174. The van der Waals surface area contributed by atoms with Gasteiger partial charge in [-0.25, -0.2) is 0 Å². The number of unbranched alkanes of at least 4 members (excludes halogenated alkanes) is 60. The Morgan fingerprint density at radius 1 is 0.326 bits per heavy atom. The molecule has 0 spiro atoms. The van der Waals surface area contributed by atoms with Crippen molar-refractivity contribution in [3.8, 4) is 0 Å². The summed E-state index contributed by atoms with van der Waals surface area (Å²) in [6.45, 7) is 4.96. The van der Waals surface area contributed by atoms with Gasteiger partial charge in [-0.1, -0.05) is 411 Å². The zero-order chi connectivity index (χ0) is 62.0. The van der Waals surface area contributed by atoms with Crippen LogP contribution in [0.2, 0.25) is 0 Å². The van der Waals surface area contributed by atoms with E-state index in [2.05, 4.69) is 43.5 Å². The van der Waals surface area contributed by atoms with E-state index >= 15 is 0 Å². The smallest absolute Gasteiger partial charge is 0.305 e. The van der Waals surface area contributed by atoms with Crippen molar-refractivity contribution in [3.63, 3.8) is 0 Å². The van der Waals surface area contributed by atoms with Crippen molar-refractivity contribution in [1.29, 1.82) is 0 Å². The first kappa shape index (κ1) is 84.3. The molecule has 0 aromatic heterocycles. The molecule has 1 amide bonds. The number of amides is 1. The Balaban J connectivity index is 3.33. The first-order chi connectivity index (χ1) is 42.5. The third-order valence-corrected chi connectivity index (χ3v) is 18.8. The van der Waals surface area contributed by atoms with E-state index < -0.39 is 12.1 Å². The summed E-state index contributed by atoms with van der Waals surface area (Å²) in [7, 11) is 0. The normalized spacial score (nSPS) is 12.6. The van der Waals surface area contributed by atoms with E-state index in [9.17, 15) is 19.8 Å². The highest BCUT2D eigenvalue weighted by Crippen LogP contribution is 2.20. The summed E-state index contributed by atoms with van der Waals surface area (Å²) in [4.78, 5) is 24.6. The van der Waals surface area contributed by atoms with Crippen LogP contribution in [0.1, 0.15) is 450 Å². The molecule has 0 heterocycles. The lowest BCUT2D eigenvalue weighted by atomic mass is 10.0. The lowest BCUT2D eigenvalue weighted by Crippen LogP contribution is -2.45. The quantitative estimate of drug-likeness (QED) is 0.0320. The van der Waals surface area contributed by atoms with E-state index in [1.807, 2.05) is 0 Å². The number of hydrogen-bond acceptors (Lipinski definition) is 5. The van der Waals surface area contributed by atoms with Gasteiger partial charge in [0.15, 0.2) is 0 Å². The maximum atomic E-state index is 12.6. The molecule has 0 aromatic rings. The second-order valence-corrected chi connectivity index (χ2v) is 27.4. The fourth-order valence-electron chi connectivity index (χ4n) is 12.7. The second-order valence-electron chi connectivity index (χ2n) is 27.4. The predicted molar refractivity (Wildman–Crippen MR) is 380 cm³/mol. The van der Waals surface area contributed by atoms with Gasteiger partial charge in [-0.05, 0) is 51.4 Å². The summed E-state index contributed by atoms with van der Waals surface area (Å²) < 4.78 is 5.49. The van der Waals surface area contributed by atoms with Gasteiger partial charge in [0.2, 0.25) is 5.91 Å². The zero-order valence-corrected chi connectivity index (χ0v) is 58.6. The molecule has 0 aliphatic carbocycles. The predicted octanol–water partition coefficient (Wildman–Crippen LogP) is 26.0. The highest BCUT2D eigenvalue weighted by Gasteiger charge is 2.20. The zero-order valence-electron chi connectivity index (χ0n) is 58.6. The molecule has 0 fully saturated rings. The van der Waals surface area contributed by atoms with Crippen molar-refractivity contribution in [2.45, 2.75) is 463 Å². The molecule has 0 aliphatic rings. The van der Waals surface area contributed by atoms with Gasteiger partial charge in [-0.2, -0.15) is 0 Å². The van der Waals surface area contributed by atoms with Gasteiger partial charge in [0.25, 0.3) is 0 Å². The molecule has 86 heavy (non-hydrogen) atoms. The van der Waals surface area contributed by atoms with Gasteiger partial charge in [-0.15, -0.1) is 0 Å². The summed E-state index contributed by atoms with van der Waals surface area (Å²) in [5, 5.41) is 23.5. The van der Waals surface area contributed by atoms with Crippen molar-refractivity contribution < 1.29 is 24.5 Å². The number of esters is 1. The number of allylic oxidation sites excluding steroid dienone is 4. The fourth-order valence-corrected chi connectivity index (χ4v) is 12.7. The highest BCUT2D eigenvalue weighted by molar-refractivity contribution is 5.76. The van der Waals surface area contributed by atoms with Crippen LogP contribution < -0.4 is 5.32 Å². The third kappa shape index (κ3) is 71.4. The summed E-state index contributed by atoms with van der Waals surface area (Å²) >= 11 is 0. The minimum atomic E-state index is -0.662. The summed E-state index contributed by atoms with van der Waals surface area (Å²) in [5.41, 5.74) is 0. The Labute approximate surface area is 539 Å². The van der Waals surface area contributed by atoms with E-state index in [0.717, 1.165) is 51.4 Å². The van der Waals surface area contributed by atoms with E-state index in [0.29, 0.717) is 25.9 Å². The average Bonchev–Trinajstić information content (AvgIpc) is 3.54. The molecule has 510 valence electrons. The maximum Gasteiger partial charge on any atom is 0.305 e. The Morgan fingerprint density at radius 2 is 0.593 bits per heavy atom. The minimum Gasteiger partial charge on any atom is -0.466 e. The van der Waals surface area contributed by atoms with E-state index in [1.54, 1.807) is 0 Å². The number of aliphatic hydroxyl groups is 2. The maximum absolute atomic E-state index is 12.6. The lowest BCUT2D eigenvalue weighted by molar-refractivity contribution is -0.143. The molecule has 0 saturated carbocycles. The molecule has 0 bridgehead atoms. The largest absolute Gasteiger partial charge is 0.466 e. The van der Waals surface area contributed by atoms with Crippen molar-refractivity contribution in [2.24, 2.45) is 0 Å². The second kappa shape index (κ2) is 75.8. The van der Waals surface area contributed by atoms with E-state index in [1.165, 1.54) is 366 Å². The Kier molecular flexibility index (Phi) is 74.3. The van der Waals surface area contributed by atoms with Gasteiger partial charge >= 0.3 is 5.97 Å². The van der Waals surface area contributed by atoms with Gasteiger partial charge in [0.1, 0.15) is 0 Å². The monoisotopic (exact) mass is 1210 g/mol. The molecule has 2 atom stereocenters. The molecular formula is C80H155NO5. The first-order valence-electron chi connectivity index (χ1n) is 39.6. The van der Waals surface area contributed by atoms with Crippen LogP contribution in [0, 0.1) is 0 Å². The number of carbonyl (C=O) groups is 2. The van der Waals surface area contributed by atoms with Crippen LogP contribution in [-0.2, 0) is 14.3 Å². The molecule has 3 N–H and O–H groups in total. The SMILES string of the molecule is CCCC/C=C\C/C=C\CCCCCCCC(=O)OCCCCCCCCCCCCCCCCCCCCCCCCCCCCCCCCCCC(=O)NC(CO)C(O)CCCCCCCCCCCCCCCCCCCCCCCCC. The molecule has 0 saturated heterocycles. The number of hydrogen-bond donors (Lipinski definition) is 3. The topological polar surface area (TPSA) is 95.9 Å². The van der Waals surface area contributed by atoms with Crippen LogP contribution in [0.5, 0.6) is 0 Å². The van der Waals surface area contributed by atoms with E-state index in [-0.39, 0.29) is 18.5 Å². The number of carbonyl (C=O) groups excluding carboxylic acids is 2. The number of ether oxygens (including phenoxy) is 1. The van der Waals surface area contributed by atoms with Crippen LogP contribution in [0.3, 0.4) is 0 Å². The van der Waals surface area contributed by atoms with Crippen LogP contribution in [0.25, 0.3) is 0 Å². The van der Waals surface area contributed by atoms with Gasteiger partial charge in [-0.3, -0.25) is 9.59 Å². The van der Waals surface area contributed by atoms with Gasteiger partial charge in [0.05, 0.1) is 25.4 Å². The molecule has 0 rings (SSSR count). The lowest BCUT2D eigenvalue weighted by Gasteiger charge is -2.22. The van der Waals surface area contributed by atoms with Crippen LogP contribution >= 0.6 is 0 Å². The van der Waals surface area contributed by atoms with Crippen molar-refractivity contribution in [1.82, 2.24) is 5.32 Å². The Morgan fingerprint density at radius 3 is 0.919 bits per heavy atom. The molecular weight excluding hydrogens is 1050 g/mol. The summed E-state index contributed by atoms with van der Waals surface area (Å²) in [6.07, 6.45) is 97.0. The molecule has 6 nitrogen and oxygen atoms in total. The molecule has 0 radical (unpaired) electrons. The van der Waals surface area contributed by atoms with Crippen LogP contribution in [0.15, 0.2) is 24.3 Å². The Bertz CT molecular complexity index is 1350.